The number of aromatic nitrogens is 4. The zero-order chi connectivity index (χ0) is 13.4. The number of ether oxygens (including phenoxy) is 1. The largest absolute Gasteiger partial charge is 0.383 e. The quantitative estimate of drug-likeness (QED) is 0.733. The second-order valence-electron chi connectivity index (χ2n) is 4.64. The van der Waals surface area contributed by atoms with E-state index in [1.807, 2.05) is 4.68 Å². The molecule has 7 nitrogen and oxygen atoms in total. The molecule has 3 N–H and O–H groups in total. The number of nitrogens with two attached hydrogens (primary N) is 1. The van der Waals surface area contributed by atoms with Crippen molar-refractivity contribution < 1.29 is 4.74 Å². The van der Waals surface area contributed by atoms with Crippen molar-refractivity contribution in [2.45, 2.75) is 18.5 Å². The summed E-state index contributed by atoms with van der Waals surface area (Å²) in [7, 11) is 1.72. The number of nitrogen functional groups attached to an aromatic ring is 1. The van der Waals surface area contributed by atoms with E-state index in [0.717, 1.165) is 27.7 Å². The molecule has 1 unspecified atom stereocenters. The summed E-state index contributed by atoms with van der Waals surface area (Å²) < 4.78 is 7.99. The Kier molecular flexibility index (Phi) is 4.99. The number of nitrogens with zero attached hydrogens (tertiary/aromatic N) is 4. The Morgan fingerprint density at radius 1 is 1.55 bits per heavy atom. The number of methoxy groups -OCH3 is 1. The Bertz CT molecular complexity index is 606. The van der Waals surface area contributed by atoms with Crippen LogP contribution in [-0.2, 0) is 4.74 Å². The van der Waals surface area contributed by atoms with E-state index in [4.69, 9.17) is 10.5 Å². The molecule has 0 amide bonds. The first-order valence-electron chi connectivity index (χ1n) is 6.07. The fourth-order valence-corrected chi connectivity index (χ4v) is 3.27. The molecule has 0 radical (unpaired) electrons. The molecule has 1 aliphatic heterocycles. The van der Waals surface area contributed by atoms with Crippen molar-refractivity contribution in [3.63, 3.8) is 0 Å². The van der Waals surface area contributed by atoms with Gasteiger partial charge in [0, 0.05) is 19.7 Å². The molecule has 1 aliphatic rings. The average molecular weight is 411 g/mol. The third kappa shape index (κ3) is 2.69. The number of hydrogen-bond acceptors (Lipinski definition) is 6. The monoisotopic (exact) mass is 410 g/mol. The van der Waals surface area contributed by atoms with Crippen molar-refractivity contribution in [1.82, 2.24) is 25.1 Å². The zero-order valence-electron chi connectivity index (χ0n) is 10.9. The van der Waals surface area contributed by atoms with Gasteiger partial charge in [-0.3, -0.25) is 0 Å². The summed E-state index contributed by atoms with van der Waals surface area (Å²) in [5.74, 6) is 0.486. The van der Waals surface area contributed by atoms with Gasteiger partial charge in [0.25, 0.3) is 0 Å². The van der Waals surface area contributed by atoms with Crippen LogP contribution in [0.3, 0.4) is 0 Å². The van der Waals surface area contributed by atoms with Crippen LogP contribution in [0.15, 0.2) is 6.33 Å². The van der Waals surface area contributed by atoms with Gasteiger partial charge in [-0.1, -0.05) is 0 Å². The van der Waals surface area contributed by atoms with Gasteiger partial charge in [0.2, 0.25) is 0 Å². The van der Waals surface area contributed by atoms with Crippen LogP contribution in [0, 0.1) is 3.70 Å². The predicted molar refractivity (Wildman–Crippen MR) is 87.0 cm³/mol. The van der Waals surface area contributed by atoms with Crippen LogP contribution in [0.2, 0.25) is 0 Å². The number of anilines is 1. The molecule has 110 valence electrons. The first-order valence-corrected chi connectivity index (χ1v) is 7.15. The minimum absolute atomic E-state index is 0. The lowest BCUT2D eigenvalue weighted by molar-refractivity contribution is 0.172. The van der Waals surface area contributed by atoms with Crippen LogP contribution in [0.4, 0.5) is 5.82 Å². The second-order valence-corrected chi connectivity index (χ2v) is 5.66. The van der Waals surface area contributed by atoms with Crippen molar-refractivity contribution in [2.75, 3.05) is 26.0 Å². The van der Waals surface area contributed by atoms with Gasteiger partial charge in [0.1, 0.15) is 15.8 Å². The lowest BCUT2D eigenvalue weighted by Crippen LogP contribution is -2.25. The molecule has 0 aliphatic carbocycles. The van der Waals surface area contributed by atoms with E-state index in [-0.39, 0.29) is 18.4 Å². The Balaban J connectivity index is 0.00000147. The number of nitrogens with one attached hydrogen (secondary N) is 1. The molecule has 3 rings (SSSR count). The molecule has 1 fully saturated rings. The van der Waals surface area contributed by atoms with Gasteiger partial charge in [-0.25, -0.2) is 14.6 Å². The maximum absolute atomic E-state index is 5.90. The molecule has 2 aromatic heterocycles. The SMILES string of the molecule is COC[C@H]1CC(n2nc(I)c3c(N)ncnc32)CN1.Cl. The van der Waals surface area contributed by atoms with Crippen molar-refractivity contribution in [3.05, 3.63) is 10.0 Å². The zero-order valence-corrected chi connectivity index (χ0v) is 13.9. The minimum atomic E-state index is 0. The highest BCUT2D eigenvalue weighted by Crippen LogP contribution is 2.28. The number of hydrogen-bond donors (Lipinski definition) is 2. The van der Waals surface area contributed by atoms with Crippen molar-refractivity contribution >= 4 is 51.8 Å². The van der Waals surface area contributed by atoms with Gasteiger partial charge in [-0.05, 0) is 29.0 Å². The molecule has 0 aromatic carbocycles. The summed E-state index contributed by atoms with van der Waals surface area (Å²) in [5, 5.41) is 8.84. The molecule has 20 heavy (non-hydrogen) atoms. The number of fused-ring (bicyclic) bond motifs is 1. The molecule has 3 heterocycles. The summed E-state index contributed by atoms with van der Waals surface area (Å²) in [6.07, 6.45) is 2.46. The molecular formula is C11H16ClIN6O. The Morgan fingerprint density at radius 2 is 2.35 bits per heavy atom. The summed E-state index contributed by atoms with van der Waals surface area (Å²) in [6, 6.07) is 0.645. The molecule has 0 saturated carbocycles. The fourth-order valence-electron chi connectivity index (χ4n) is 2.52. The van der Waals surface area contributed by atoms with Crippen LogP contribution in [0.25, 0.3) is 11.0 Å². The lowest BCUT2D eigenvalue weighted by Gasteiger charge is -2.10. The van der Waals surface area contributed by atoms with Gasteiger partial charge in [-0.15, -0.1) is 12.4 Å². The van der Waals surface area contributed by atoms with Crippen LogP contribution in [0.5, 0.6) is 0 Å². The van der Waals surface area contributed by atoms with Crippen LogP contribution >= 0.6 is 35.0 Å². The Hall–Kier alpha value is -0.710. The van der Waals surface area contributed by atoms with E-state index in [1.54, 1.807) is 7.11 Å². The lowest BCUT2D eigenvalue weighted by atomic mass is 10.2. The maximum atomic E-state index is 5.90. The molecular weight excluding hydrogens is 395 g/mol. The highest BCUT2D eigenvalue weighted by Gasteiger charge is 2.28. The van der Waals surface area contributed by atoms with Gasteiger partial charge in [0.15, 0.2) is 5.65 Å². The normalized spacial score (nSPS) is 22.1. The second kappa shape index (κ2) is 6.37. The minimum Gasteiger partial charge on any atom is -0.383 e. The van der Waals surface area contributed by atoms with Crippen LogP contribution in [0.1, 0.15) is 12.5 Å². The third-order valence-corrected chi connectivity index (χ3v) is 4.14. The highest BCUT2D eigenvalue weighted by atomic mass is 127. The molecule has 0 bridgehead atoms. The van der Waals surface area contributed by atoms with Crippen molar-refractivity contribution in [3.8, 4) is 0 Å². The Labute approximate surface area is 136 Å². The predicted octanol–water partition coefficient (Wildman–Crippen LogP) is 0.984. The highest BCUT2D eigenvalue weighted by molar-refractivity contribution is 14.1. The summed E-state index contributed by atoms with van der Waals surface area (Å²) in [4.78, 5) is 8.35. The smallest absolute Gasteiger partial charge is 0.164 e. The molecule has 1 saturated heterocycles. The molecule has 2 atom stereocenters. The first kappa shape index (κ1) is 15.7. The topological polar surface area (TPSA) is 90.9 Å². The fraction of sp³-hybridized carbons (Fsp3) is 0.545. The number of halogens is 2. The maximum Gasteiger partial charge on any atom is 0.164 e. The van der Waals surface area contributed by atoms with E-state index in [0.29, 0.717) is 18.5 Å². The third-order valence-electron chi connectivity index (χ3n) is 3.39. The summed E-state index contributed by atoms with van der Waals surface area (Å²) >= 11 is 2.18. The number of rotatable bonds is 3. The van der Waals surface area contributed by atoms with Gasteiger partial charge in [0.05, 0.1) is 18.0 Å². The van der Waals surface area contributed by atoms with Gasteiger partial charge in [-0.2, -0.15) is 5.10 Å². The van der Waals surface area contributed by atoms with E-state index < -0.39 is 0 Å². The van der Waals surface area contributed by atoms with Crippen LogP contribution in [-0.4, -0.2) is 46.1 Å². The van der Waals surface area contributed by atoms with E-state index in [2.05, 4.69) is 43.0 Å². The molecule has 2 aromatic rings. The van der Waals surface area contributed by atoms with Crippen molar-refractivity contribution in [2.24, 2.45) is 0 Å². The van der Waals surface area contributed by atoms with Gasteiger partial charge >= 0.3 is 0 Å². The van der Waals surface area contributed by atoms with E-state index >= 15 is 0 Å². The summed E-state index contributed by atoms with van der Waals surface area (Å²) in [5.41, 5.74) is 6.71. The van der Waals surface area contributed by atoms with Crippen molar-refractivity contribution in [1.29, 1.82) is 0 Å². The Morgan fingerprint density at radius 3 is 3.10 bits per heavy atom. The van der Waals surface area contributed by atoms with Crippen LogP contribution < -0.4 is 11.1 Å². The molecule has 9 heteroatoms. The van der Waals surface area contributed by atoms with E-state index in [9.17, 15) is 0 Å². The van der Waals surface area contributed by atoms with Gasteiger partial charge < -0.3 is 15.8 Å². The molecule has 0 spiro atoms. The first-order chi connectivity index (χ1) is 9.20. The standard InChI is InChI=1S/C11H15IN6O.ClH/c1-19-4-6-2-7(3-14-6)18-11-8(9(12)17-18)10(13)15-5-16-11;/h5-7,14H,2-4H2,1H3,(H2,13,15,16);1H/t6-,7?;/m1./s1. The average Bonchev–Trinajstić information content (AvgIpc) is 2.96. The summed E-state index contributed by atoms with van der Waals surface area (Å²) in [6.45, 7) is 1.58. The van der Waals surface area contributed by atoms with E-state index in [1.165, 1.54) is 6.33 Å².